The number of carbonyl (C=O) groups excluding carboxylic acids is 2. The number of aromatic nitrogens is 2. The first kappa shape index (κ1) is 15.9. The summed E-state index contributed by atoms with van der Waals surface area (Å²) in [4.78, 5) is 28.0. The van der Waals surface area contributed by atoms with Crippen molar-refractivity contribution in [2.24, 2.45) is 0 Å². The van der Waals surface area contributed by atoms with Crippen LogP contribution in [0.25, 0.3) is 5.65 Å². The largest absolute Gasteiger partial charge is 0.320 e. The van der Waals surface area contributed by atoms with Gasteiger partial charge in [-0.1, -0.05) is 24.3 Å². The standard InChI is InChI=1S/C19H19N3O2/c1-13-5-3-4-6-16(13)21-19(24)17-11-20-18-10-9-15(12-22(17)18)8-7-14(2)23/h3-6,9-12H,7-8H2,1-2H3,(H,21,24). The van der Waals surface area contributed by atoms with Gasteiger partial charge in [0.05, 0.1) is 6.20 Å². The average Bonchev–Trinajstić information content (AvgIpc) is 2.98. The summed E-state index contributed by atoms with van der Waals surface area (Å²) >= 11 is 0. The molecule has 2 heterocycles. The molecule has 1 aromatic carbocycles. The molecule has 0 aliphatic rings. The second kappa shape index (κ2) is 6.66. The average molecular weight is 321 g/mol. The molecule has 3 rings (SSSR count). The van der Waals surface area contributed by atoms with Crippen LogP contribution in [0.2, 0.25) is 0 Å². The van der Waals surface area contributed by atoms with Gasteiger partial charge in [-0.2, -0.15) is 0 Å². The molecule has 1 N–H and O–H groups in total. The van der Waals surface area contributed by atoms with E-state index in [1.165, 1.54) is 0 Å². The van der Waals surface area contributed by atoms with Gasteiger partial charge in [0.2, 0.25) is 0 Å². The normalized spacial score (nSPS) is 10.8. The topological polar surface area (TPSA) is 63.5 Å². The number of hydrogen-bond acceptors (Lipinski definition) is 3. The van der Waals surface area contributed by atoms with Gasteiger partial charge < -0.3 is 10.1 Å². The highest BCUT2D eigenvalue weighted by Crippen LogP contribution is 2.16. The van der Waals surface area contributed by atoms with Crippen LogP contribution in [-0.4, -0.2) is 21.1 Å². The Morgan fingerprint density at radius 1 is 1.17 bits per heavy atom. The van der Waals surface area contributed by atoms with Crippen LogP contribution >= 0.6 is 0 Å². The number of anilines is 1. The van der Waals surface area contributed by atoms with E-state index in [0.717, 1.165) is 16.8 Å². The Morgan fingerprint density at radius 3 is 2.71 bits per heavy atom. The van der Waals surface area contributed by atoms with Crippen LogP contribution in [-0.2, 0) is 11.2 Å². The second-order valence-corrected chi connectivity index (χ2v) is 5.88. The molecule has 0 spiro atoms. The number of aryl methyl sites for hydroxylation is 2. The monoisotopic (exact) mass is 321 g/mol. The second-order valence-electron chi connectivity index (χ2n) is 5.88. The molecule has 0 radical (unpaired) electrons. The lowest BCUT2D eigenvalue weighted by molar-refractivity contribution is -0.116. The van der Waals surface area contributed by atoms with Crippen LogP contribution in [0.3, 0.4) is 0 Å². The minimum absolute atomic E-state index is 0.151. The SMILES string of the molecule is CC(=O)CCc1ccc2ncc(C(=O)Nc3ccccc3C)n2c1. The predicted molar refractivity (Wildman–Crippen MR) is 93.3 cm³/mol. The van der Waals surface area contributed by atoms with E-state index in [2.05, 4.69) is 10.3 Å². The number of Topliss-reactive ketones (excluding diaryl/α,β-unsaturated/α-hetero) is 1. The van der Waals surface area contributed by atoms with Crippen molar-refractivity contribution in [2.75, 3.05) is 5.32 Å². The molecule has 1 amide bonds. The first-order valence-corrected chi connectivity index (χ1v) is 7.87. The number of pyridine rings is 1. The molecule has 5 nitrogen and oxygen atoms in total. The summed E-state index contributed by atoms with van der Waals surface area (Å²) < 4.78 is 1.77. The number of fused-ring (bicyclic) bond motifs is 1. The van der Waals surface area contributed by atoms with Gasteiger partial charge in [0.25, 0.3) is 5.91 Å². The number of ketones is 1. The van der Waals surface area contributed by atoms with Gasteiger partial charge in [-0.25, -0.2) is 4.98 Å². The molecule has 0 bridgehead atoms. The minimum Gasteiger partial charge on any atom is -0.320 e. The smallest absolute Gasteiger partial charge is 0.274 e. The molecule has 0 unspecified atom stereocenters. The van der Waals surface area contributed by atoms with E-state index >= 15 is 0 Å². The summed E-state index contributed by atoms with van der Waals surface area (Å²) in [6.45, 7) is 3.53. The Kier molecular flexibility index (Phi) is 4.42. The van der Waals surface area contributed by atoms with Crippen molar-refractivity contribution in [3.63, 3.8) is 0 Å². The maximum absolute atomic E-state index is 12.6. The van der Waals surface area contributed by atoms with E-state index in [9.17, 15) is 9.59 Å². The number of nitrogens with one attached hydrogen (secondary N) is 1. The first-order chi connectivity index (χ1) is 11.5. The van der Waals surface area contributed by atoms with E-state index in [0.29, 0.717) is 24.2 Å². The molecule has 24 heavy (non-hydrogen) atoms. The van der Waals surface area contributed by atoms with Crippen LogP contribution in [0, 0.1) is 6.92 Å². The Bertz CT molecular complexity index is 912. The quantitative estimate of drug-likeness (QED) is 0.783. The number of benzene rings is 1. The molecule has 0 saturated carbocycles. The fraction of sp³-hybridized carbons (Fsp3) is 0.211. The van der Waals surface area contributed by atoms with E-state index in [1.54, 1.807) is 17.5 Å². The van der Waals surface area contributed by atoms with Gasteiger partial charge in [-0.3, -0.25) is 9.20 Å². The predicted octanol–water partition coefficient (Wildman–Crippen LogP) is 3.42. The highest BCUT2D eigenvalue weighted by atomic mass is 16.2. The van der Waals surface area contributed by atoms with Gasteiger partial charge in [-0.05, 0) is 43.5 Å². The number of hydrogen-bond donors (Lipinski definition) is 1. The third-order valence-electron chi connectivity index (χ3n) is 3.96. The summed E-state index contributed by atoms with van der Waals surface area (Å²) in [6, 6.07) is 11.4. The summed E-state index contributed by atoms with van der Waals surface area (Å²) in [6.07, 6.45) is 4.59. The van der Waals surface area contributed by atoms with Crippen LogP contribution < -0.4 is 5.32 Å². The Hall–Kier alpha value is -2.95. The molecule has 2 aromatic heterocycles. The van der Waals surface area contributed by atoms with Crippen LogP contribution in [0.15, 0.2) is 48.8 Å². The molecule has 122 valence electrons. The van der Waals surface area contributed by atoms with Gasteiger partial charge >= 0.3 is 0 Å². The molecule has 0 aliphatic carbocycles. The molecule has 3 aromatic rings. The summed E-state index contributed by atoms with van der Waals surface area (Å²) in [7, 11) is 0. The lowest BCUT2D eigenvalue weighted by Gasteiger charge is -2.08. The molecule has 0 saturated heterocycles. The van der Waals surface area contributed by atoms with E-state index in [-0.39, 0.29) is 11.7 Å². The molecule has 0 fully saturated rings. The Morgan fingerprint density at radius 2 is 1.96 bits per heavy atom. The summed E-state index contributed by atoms with van der Waals surface area (Å²) in [5.74, 6) is -0.0567. The zero-order valence-electron chi connectivity index (χ0n) is 13.7. The van der Waals surface area contributed by atoms with E-state index < -0.39 is 0 Å². The fourth-order valence-corrected chi connectivity index (χ4v) is 2.56. The van der Waals surface area contributed by atoms with Gasteiger partial charge in [-0.15, -0.1) is 0 Å². The van der Waals surface area contributed by atoms with Crippen molar-refractivity contribution < 1.29 is 9.59 Å². The van der Waals surface area contributed by atoms with Crippen molar-refractivity contribution in [3.8, 4) is 0 Å². The number of para-hydroxylation sites is 1. The van der Waals surface area contributed by atoms with Crippen LogP contribution in [0.1, 0.15) is 35.0 Å². The summed E-state index contributed by atoms with van der Waals surface area (Å²) in [5.41, 5.74) is 3.96. The third-order valence-corrected chi connectivity index (χ3v) is 3.96. The van der Waals surface area contributed by atoms with Crippen LogP contribution in [0.4, 0.5) is 5.69 Å². The number of nitrogens with zero attached hydrogens (tertiary/aromatic N) is 2. The highest BCUT2D eigenvalue weighted by molar-refractivity contribution is 6.03. The molecular formula is C19H19N3O2. The van der Waals surface area contributed by atoms with Gasteiger partial charge in [0.15, 0.2) is 0 Å². The maximum atomic E-state index is 12.6. The van der Waals surface area contributed by atoms with Crippen molar-refractivity contribution >= 4 is 23.0 Å². The van der Waals surface area contributed by atoms with Crippen molar-refractivity contribution in [1.29, 1.82) is 0 Å². The third kappa shape index (κ3) is 3.35. The number of carbonyl (C=O) groups is 2. The molecule has 0 aliphatic heterocycles. The minimum atomic E-state index is -0.208. The first-order valence-electron chi connectivity index (χ1n) is 7.87. The van der Waals surface area contributed by atoms with Crippen LogP contribution in [0.5, 0.6) is 0 Å². The van der Waals surface area contributed by atoms with Crippen molar-refractivity contribution in [3.05, 3.63) is 65.6 Å². The number of amides is 1. The highest BCUT2D eigenvalue weighted by Gasteiger charge is 2.13. The zero-order valence-corrected chi connectivity index (χ0v) is 13.7. The molecule has 5 heteroatoms. The van der Waals surface area contributed by atoms with E-state index in [4.69, 9.17) is 0 Å². The number of rotatable bonds is 5. The fourth-order valence-electron chi connectivity index (χ4n) is 2.56. The Labute approximate surface area is 140 Å². The summed E-state index contributed by atoms with van der Waals surface area (Å²) in [5, 5.41) is 2.92. The zero-order chi connectivity index (χ0) is 17.1. The van der Waals surface area contributed by atoms with E-state index in [1.807, 2.05) is 49.5 Å². The Balaban J connectivity index is 1.88. The van der Waals surface area contributed by atoms with Gasteiger partial charge in [0.1, 0.15) is 17.1 Å². The maximum Gasteiger partial charge on any atom is 0.274 e. The van der Waals surface area contributed by atoms with Crippen molar-refractivity contribution in [2.45, 2.75) is 26.7 Å². The lowest BCUT2D eigenvalue weighted by atomic mass is 10.1. The molecule has 0 atom stereocenters. The van der Waals surface area contributed by atoms with Gasteiger partial charge in [0, 0.05) is 18.3 Å². The lowest BCUT2D eigenvalue weighted by Crippen LogP contribution is -2.15. The molecular weight excluding hydrogens is 302 g/mol. The van der Waals surface area contributed by atoms with Crippen molar-refractivity contribution in [1.82, 2.24) is 9.38 Å². The number of imidazole rings is 1.